The van der Waals surface area contributed by atoms with E-state index in [4.69, 9.17) is 0 Å². The summed E-state index contributed by atoms with van der Waals surface area (Å²) in [6.07, 6.45) is 4.02. The predicted molar refractivity (Wildman–Crippen MR) is 123 cm³/mol. The number of nitrogens with zero attached hydrogens (tertiary/aromatic N) is 2. The summed E-state index contributed by atoms with van der Waals surface area (Å²) >= 11 is 0. The lowest BCUT2D eigenvalue weighted by Crippen LogP contribution is -2.55. The zero-order valence-corrected chi connectivity index (χ0v) is 19.0. The molecule has 6 nitrogen and oxygen atoms in total. The maximum atomic E-state index is 13.5. The van der Waals surface area contributed by atoms with Crippen LogP contribution in [0.25, 0.3) is 0 Å². The van der Waals surface area contributed by atoms with E-state index in [-0.39, 0.29) is 23.3 Å². The van der Waals surface area contributed by atoms with Gasteiger partial charge in [-0.25, -0.2) is 8.78 Å². The van der Waals surface area contributed by atoms with Crippen molar-refractivity contribution in [2.75, 3.05) is 26.2 Å². The van der Waals surface area contributed by atoms with Gasteiger partial charge in [-0.2, -0.15) is 0 Å². The number of hydrogen-bond donors (Lipinski definition) is 1. The highest BCUT2D eigenvalue weighted by Crippen LogP contribution is 2.25. The van der Waals surface area contributed by atoms with Crippen LogP contribution in [0.2, 0.25) is 0 Å². The predicted octanol–water partition coefficient (Wildman–Crippen LogP) is 3.63. The molecule has 1 atom stereocenters. The highest BCUT2D eigenvalue weighted by atomic mass is 19.1. The van der Waals surface area contributed by atoms with E-state index < -0.39 is 23.6 Å². The van der Waals surface area contributed by atoms with E-state index in [9.17, 15) is 23.2 Å². The number of nitrogens with one attached hydrogen (secondary N) is 1. The first kappa shape index (κ1) is 23.9. The number of likely N-dealkylation sites (tertiary alicyclic amines) is 2. The minimum Gasteiger partial charge on any atom is -0.341 e. The third-order valence-electron chi connectivity index (χ3n) is 6.70. The Kier molecular flexibility index (Phi) is 7.55. The average Bonchev–Trinajstić information content (AvgIpc) is 2.87. The molecule has 0 saturated carbocycles. The molecule has 2 aromatic carbocycles. The maximum absolute atomic E-state index is 13.5. The van der Waals surface area contributed by atoms with Crippen molar-refractivity contribution in [2.24, 2.45) is 5.92 Å². The second-order valence-corrected chi connectivity index (χ2v) is 8.98. The number of rotatable bonds is 5. The van der Waals surface area contributed by atoms with Crippen LogP contribution in [0.5, 0.6) is 0 Å². The Labute approximate surface area is 197 Å². The fourth-order valence-electron chi connectivity index (χ4n) is 4.76. The third-order valence-corrected chi connectivity index (χ3v) is 6.70. The average molecular weight is 470 g/mol. The lowest BCUT2D eigenvalue weighted by Gasteiger charge is -2.38. The summed E-state index contributed by atoms with van der Waals surface area (Å²) in [6, 6.07) is 10.1. The summed E-state index contributed by atoms with van der Waals surface area (Å²) < 4.78 is 26.8. The van der Waals surface area contributed by atoms with Crippen molar-refractivity contribution in [3.05, 3.63) is 71.3 Å². The summed E-state index contributed by atoms with van der Waals surface area (Å²) in [5.41, 5.74) is 0.584. The second kappa shape index (κ2) is 10.8. The van der Waals surface area contributed by atoms with Gasteiger partial charge >= 0.3 is 0 Å². The van der Waals surface area contributed by atoms with Gasteiger partial charge in [0, 0.05) is 37.3 Å². The number of halogens is 2. The summed E-state index contributed by atoms with van der Waals surface area (Å²) in [5, 5.41) is 2.90. The van der Waals surface area contributed by atoms with Gasteiger partial charge in [0.15, 0.2) is 0 Å². The molecule has 0 radical (unpaired) electrons. The molecule has 0 bridgehead atoms. The number of benzene rings is 2. The van der Waals surface area contributed by atoms with Crippen molar-refractivity contribution in [1.82, 2.24) is 15.1 Å². The normalized spacial score (nSPS) is 17.8. The Morgan fingerprint density at radius 3 is 2.12 bits per heavy atom. The van der Waals surface area contributed by atoms with Gasteiger partial charge in [0.25, 0.3) is 11.8 Å². The van der Waals surface area contributed by atoms with E-state index in [2.05, 4.69) is 5.32 Å². The lowest BCUT2D eigenvalue weighted by molar-refractivity contribution is -0.136. The van der Waals surface area contributed by atoms with E-state index in [1.807, 2.05) is 4.90 Å². The number of carbonyl (C=O) groups excluding carboxylic acids is 3. The van der Waals surface area contributed by atoms with E-state index in [0.29, 0.717) is 44.6 Å². The fraction of sp³-hybridized carbons (Fsp3) is 0.423. The molecule has 2 saturated heterocycles. The number of piperidine rings is 2. The molecule has 34 heavy (non-hydrogen) atoms. The Morgan fingerprint density at radius 1 is 0.794 bits per heavy atom. The summed E-state index contributed by atoms with van der Waals surface area (Å²) in [4.78, 5) is 42.6. The van der Waals surface area contributed by atoms with Gasteiger partial charge in [-0.05, 0) is 80.5 Å². The molecule has 0 aliphatic carbocycles. The zero-order chi connectivity index (χ0) is 24.1. The number of amides is 3. The first-order valence-electron chi connectivity index (χ1n) is 11.8. The van der Waals surface area contributed by atoms with Gasteiger partial charge in [0.1, 0.15) is 17.7 Å². The molecule has 3 amide bonds. The Morgan fingerprint density at radius 2 is 1.47 bits per heavy atom. The minimum atomic E-state index is -0.720. The Bertz CT molecular complexity index is 1030. The molecule has 2 aromatic rings. The van der Waals surface area contributed by atoms with Gasteiger partial charge < -0.3 is 15.1 Å². The van der Waals surface area contributed by atoms with Gasteiger partial charge in [0.05, 0.1) is 0 Å². The van der Waals surface area contributed by atoms with Crippen LogP contribution < -0.4 is 5.32 Å². The monoisotopic (exact) mass is 469 g/mol. The molecule has 2 fully saturated rings. The van der Waals surface area contributed by atoms with Crippen LogP contribution in [0.1, 0.15) is 52.8 Å². The fourth-order valence-corrected chi connectivity index (χ4v) is 4.76. The lowest BCUT2D eigenvalue weighted by atomic mass is 9.87. The van der Waals surface area contributed by atoms with Crippen LogP contribution in [-0.4, -0.2) is 59.7 Å². The van der Waals surface area contributed by atoms with Crippen LogP contribution >= 0.6 is 0 Å². The van der Waals surface area contributed by atoms with Crippen LogP contribution in [0.15, 0.2) is 48.5 Å². The second-order valence-electron chi connectivity index (χ2n) is 8.98. The molecule has 2 heterocycles. The first-order valence-corrected chi connectivity index (χ1v) is 11.8. The quantitative estimate of drug-likeness (QED) is 0.727. The third kappa shape index (κ3) is 5.61. The number of hydrogen-bond acceptors (Lipinski definition) is 3. The smallest absolute Gasteiger partial charge is 0.253 e. The maximum Gasteiger partial charge on any atom is 0.253 e. The standard InChI is InChI=1S/C26H29F2N3O3/c27-21-9-7-19(8-10-21)24(32)29-23(26(34)30-13-2-1-3-14-30)18-11-15-31(16-12-18)25(33)20-5-4-6-22(28)17-20/h4-10,17-18,23H,1-3,11-16H2,(H,29,32). The molecule has 0 aromatic heterocycles. The van der Waals surface area contributed by atoms with E-state index in [1.165, 1.54) is 42.5 Å². The molecule has 0 spiro atoms. The Hall–Kier alpha value is -3.29. The molecule has 2 aliphatic heterocycles. The number of carbonyl (C=O) groups is 3. The van der Waals surface area contributed by atoms with Crippen LogP contribution in [0, 0.1) is 17.6 Å². The van der Waals surface area contributed by atoms with Crippen molar-refractivity contribution < 1.29 is 23.2 Å². The molecule has 4 rings (SSSR count). The SMILES string of the molecule is O=C(NC(C(=O)N1CCCCC1)C1CCN(C(=O)c2cccc(F)c2)CC1)c1ccc(F)cc1. The van der Waals surface area contributed by atoms with Gasteiger partial charge in [-0.15, -0.1) is 0 Å². The van der Waals surface area contributed by atoms with Crippen molar-refractivity contribution >= 4 is 17.7 Å². The van der Waals surface area contributed by atoms with Crippen molar-refractivity contribution in [2.45, 2.75) is 38.1 Å². The molecule has 2 aliphatic rings. The highest BCUT2D eigenvalue weighted by Gasteiger charge is 2.36. The minimum absolute atomic E-state index is 0.106. The van der Waals surface area contributed by atoms with Gasteiger partial charge in [-0.1, -0.05) is 6.07 Å². The van der Waals surface area contributed by atoms with Crippen LogP contribution in [-0.2, 0) is 4.79 Å². The van der Waals surface area contributed by atoms with Crippen molar-refractivity contribution in [1.29, 1.82) is 0 Å². The van der Waals surface area contributed by atoms with Gasteiger partial charge in [0.2, 0.25) is 5.91 Å². The molecular formula is C26H29F2N3O3. The summed E-state index contributed by atoms with van der Waals surface area (Å²) in [5.74, 6) is -1.81. The largest absolute Gasteiger partial charge is 0.341 e. The van der Waals surface area contributed by atoms with E-state index in [1.54, 1.807) is 11.0 Å². The zero-order valence-electron chi connectivity index (χ0n) is 19.0. The highest BCUT2D eigenvalue weighted by molar-refractivity contribution is 5.97. The Balaban J connectivity index is 1.46. The van der Waals surface area contributed by atoms with E-state index in [0.717, 1.165) is 19.3 Å². The molecule has 1 unspecified atom stereocenters. The summed E-state index contributed by atoms with van der Waals surface area (Å²) in [7, 11) is 0. The van der Waals surface area contributed by atoms with Gasteiger partial charge in [-0.3, -0.25) is 14.4 Å². The molecule has 8 heteroatoms. The van der Waals surface area contributed by atoms with E-state index >= 15 is 0 Å². The first-order chi connectivity index (χ1) is 16.4. The van der Waals surface area contributed by atoms with Crippen LogP contribution in [0.3, 0.4) is 0 Å². The molecular weight excluding hydrogens is 440 g/mol. The molecule has 180 valence electrons. The van der Waals surface area contributed by atoms with Crippen molar-refractivity contribution in [3.63, 3.8) is 0 Å². The topological polar surface area (TPSA) is 69.7 Å². The summed E-state index contributed by atoms with van der Waals surface area (Å²) in [6.45, 7) is 2.16. The van der Waals surface area contributed by atoms with Crippen LogP contribution in [0.4, 0.5) is 8.78 Å². The van der Waals surface area contributed by atoms with Crippen molar-refractivity contribution in [3.8, 4) is 0 Å². The molecule has 1 N–H and O–H groups in total.